The normalized spacial score (nSPS) is 19.7. The van der Waals surface area contributed by atoms with Crippen molar-refractivity contribution in [2.75, 3.05) is 5.32 Å². The third-order valence-corrected chi connectivity index (χ3v) is 4.86. The van der Waals surface area contributed by atoms with Gasteiger partial charge in [-0.05, 0) is 42.7 Å². The summed E-state index contributed by atoms with van der Waals surface area (Å²) in [4.78, 5) is 12.4. The topological polar surface area (TPSA) is 29.1 Å². The molecule has 2 nitrogen and oxygen atoms in total. The van der Waals surface area contributed by atoms with E-state index in [1.54, 1.807) is 0 Å². The number of rotatable bonds is 4. The third-order valence-electron chi connectivity index (χ3n) is 4.33. The van der Waals surface area contributed by atoms with Crippen LogP contribution in [0.4, 0.5) is 5.69 Å². The van der Waals surface area contributed by atoms with E-state index in [0.29, 0.717) is 12.2 Å². The molecule has 0 heterocycles. The lowest BCUT2D eigenvalue weighted by atomic mass is 9.80. The van der Waals surface area contributed by atoms with Crippen LogP contribution in [0.15, 0.2) is 59.1 Å². The smallest absolute Gasteiger partial charge is 0.138 e. The number of carbonyl (C=O) groups excluding carboxylic acids is 1. The van der Waals surface area contributed by atoms with Crippen LogP contribution in [0.2, 0.25) is 0 Å². The first kappa shape index (κ1) is 15.3. The van der Waals surface area contributed by atoms with Gasteiger partial charge in [-0.15, -0.1) is 0 Å². The molecular formula is C19H20BrNO. The van der Waals surface area contributed by atoms with E-state index in [1.165, 1.54) is 5.56 Å². The van der Waals surface area contributed by atoms with E-state index < -0.39 is 0 Å². The van der Waals surface area contributed by atoms with Gasteiger partial charge in [-0.2, -0.15) is 0 Å². The fraction of sp³-hybridized carbons (Fsp3) is 0.316. The fourth-order valence-corrected chi connectivity index (χ4v) is 3.43. The van der Waals surface area contributed by atoms with Crippen molar-refractivity contribution in [1.29, 1.82) is 0 Å². The Labute approximate surface area is 140 Å². The highest BCUT2D eigenvalue weighted by atomic mass is 79.9. The number of hydrogen-bond acceptors (Lipinski definition) is 2. The summed E-state index contributed by atoms with van der Waals surface area (Å²) < 4.78 is 1.06. The Morgan fingerprint density at radius 2 is 1.73 bits per heavy atom. The molecule has 114 valence electrons. The van der Waals surface area contributed by atoms with Crippen LogP contribution in [0.1, 0.15) is 37.3 Å². The maximum absolute atomic E-state index is 12.4. The lowest BCUT2D eigenvalue weighted by molar-refractivity contribution is -0.125. The van der Waals surface area contributed by atoms with Crippen LogP contribution in [0.5, 0.6) is 0 Å². The second kappa shape index (κ2) is 7.10. The standard InChI is InChI=1S/C19H20BrNO/c20-15-12-10-14(11-13-15)19(17-8-4-5-9-18(17)22)21-16-6-2-1-3-7-16/h1-3,6-7,10-13,17,19,21H,4-5,8-9H2/t17-,19+/m0/s1. The SMILES string of the molecule is O=C1CCCC[C@@H]1[C@H](Nc1ccccc1)c1ccc(Br)cc1. The Morgan fingerprint density at radius 3 is 2.41 bits per heavy atom. The molecule has 3 heteroatoms. The van der Waals surface area contributed by atoms with Gasteiger partial charge in [-0.3, -0.25) is 4.79 Å². The van der Waals surface area contributed by atoms with E-state index in [4.69, 9.17) is 0 Å². The average molecular weight is 358 g/mol. The summed E-state index contributed by atoms with van der Waals surface area (Å²) >= 11 is 3.48. The number of halogens is 1. The van der Waals surface area contributed by atoms with Crippen LogP contribution < -0.4 is 5.32 Å². The zero-order chi connectivity index (χ0) is 15.4. The molecule has 2 aromatic rings. The number of benzene rings is 2. The zero-order valence-corrected chi connectivity index (χ0v) is 14.1. The summed E-state index contributed by atoms with van der Waals surface area (Å²) in [6, 6.07) is 18.5. The van der Waals surface area contributed by atoms with Crippen LogP contribution in [0.3, 0.4) is 0 Å². The van der Waals surface area contributed by atoms with Gasteiger partial charge in [0, 0.05) is 22.5 Å². The van der Waals surface area contributed by atoms with Gasteiger partial charge in [0.15, 0.2) is 0 Å². The Balaban J connectivity index is 1.90. The maximum atomic E-state index is 12.4. The van der Waals surface area contributed by atoms with E-state index in [2.05, 4.69) is 45.5 Å². The Hall–Kier alpha value is -1.61. The molecule has 2 aromatic carbocycles. The van der Waals surface area contributed by atoms with E-state index in [0.717, 1.165) is 29.4 Å². The summed E-state index contributed by atoms with van der Waals surface area (Å²) in [6.45, 7) is 0. The molecule has 0 spiro atoms. The number of nitrogens with one attached hydrogen (secondary N) is 1. The second-order valence-corrected chi connectivity index (χ2v) is 6.77. The lowest BCUT2D eigenvalue weighted by Crippen LogP contribution is -2.30. The molecule has 1 saturated carbocycles. The van der Waals surface area contributed by atoms with Gasteiger partial charge >= 0.3 is 0 Å². The predicted molar refractivity (Wildman–Crippen MR) is 93.9 cm³/mol. The highest BCUT2D eigenvalue weighted by Gasteiger charge is 2.31. The van der Waals surface area contributed by atoms with Crippen molar-refractivity contribution in [3.63, 3.8) is 0 Å². The molecule has 2 atom stereocenters. The van der Waals surface area contributed by atoms with Crippen molar-refractivity contribution in [2.24, 2.45) is 5.92 Å². The molecule has 1 aliphatic rings. The Bertz CT molecular complexity index is 624. The van der Waals surface area contributed by atoms with Crippen molar-refractivity contribution < 1.29 is 4.79 Å². The highest BCUT2D eigenvalue weighted by molar-refractivity contribution is 9.10. The monoisotopic (exact) mass is 357 g/mol. The van der Waals surface area contributed by atoms with Gasteiger partial charge in [0.05, 0.1) is 6.04 Å². The molecule has 0 aromatic heterocycles. The summed E-state index contributed by atoms with van der Waals surface area (Å²) in [7, 11) is 0. The van der Waals surface area contributed by atoms with Crippen molar-refractivity contribution in [3.05, 3.63) is 64.6 Å². The second-order valence-electron chi connectivity index (χ2n) is 5.86. The first-order valence-electron chi connectivity index (χ1n) is 7.84. The van der Waals surface area contributed by atoms with Crippen LogP contribution in [0, 0.1) is 5.92 Å². The molecule has 0 bridgehead atoms. The summed E-state index contributed by atoms with van der Waals surface area (Å²) in [5.41, 5.74) is 2.24. The number of carbonyl (C=O) groups is 1. The van der Waals surface area contributed by atoms with Crippen molar-refractivity contribution in [2.45, 2.75) is 31.7 Å². The van der Waals surface area contributed by atoms with Gasteiger partial charge in [0.1, 0.15) is 5.78 Å². The Kier molecular flexibility index (Phi) is 4.94. The van der Waals surface area contributed by atoms with E-state index in [-0.39, 0.29) is 12.0 Å². The molecule has 1 aliphatic carbocycles. The van der Waals surface area contributed by atoms with Crippen molar-refractivity contribution >= 4 is 27.4 Å². The number of Topliss-reactive ketones (excluding diaryl/α,β-unsaturated/α-hetero) is 1. The van der Waals surface area contributed by atoms with Crippen molar-refractivity contribution in [1.82, 2.24) is 0 Å². The summed E-state index contributed by atoms with van der Waals surface area (Å²) in [6.07, 6.45) is 3.86. The van der Waals surface area contributed by atoms with Crippen molar-refractivity contribution in [3.8, 4) is 0 Å². The zero-order valence-electron chi connectivity index (χ0n) is 12.5. The van der Waals surface area contributed by atoms with Gasteiger partial charge in [-0.25, -0.2) is 0 Å². The lowest BCUT2D eigenvalue weighted by Gasteiger charge is -2.31. The molecule has 0 radical (unpaired) electrons. The molecule has 0 saturated heterocycles. The number of para-hydroxylation sites is 1. The van der Waals surface area contributed by atoms with Gasteiger partial charge < -0.3 is 5.32 Å². The van der Waals surface area contributed by atoms with Gasteiger partial charge in [-0.1, -0.05) is 52.7 Å². The van der Waals surface area contributed by atoms with E-state index in [9.17, 15) is 4.79 Å². The highest BCUT2D eigenvalue weighted by Crippen LogP contribution is 2.35. The minimum Gasteiger partial charge on any atom is -0.378 e. The molecule has 0 amide bonds. The summed E-state index contributed by atoms with van der Waals surface area (Å²) in [5, 5.41) is 3.58. The molecule has 22 heavy (non-hydrogen) atoms. The van der Waals surface area contributed by atoms with E-state index in [1.807, 2.05) is 30.3 Å². The minimum absolute atomic E-state index is 0.0447. The van der Waals surface area contributed by atoms with Crippen LogP contribution in [-0.2, 0) is 4.79 Å². The number of hydrogen-bond donors (Lipinski definition) is 1. The van der Waals surface area contributed by atoms with E-state index >= 15 is 0 Å². The fourth-order valence-electron chi connectivity index (χ4n) is 3.16. The minimum atomic E-state index is 0.0447. The first-order valence-corrected chi connectivity index (χ1v) is 8.63. The molecule has 0 unspecified atom stereocenters. The van der Waals surface area contributed by atoms with Crippen LogP contribution in [-0.4, -0.2) is 5.78 Å². The maximum Gasteiger partial charge on any atom is 0.138 e. The first-order chi connectivity index (χ1) is 10.7. The molecular weight excluding hydrogens is 338 g/mol. The quantitative estimate of drug-likeness (QED) is 0.797. The van der Waals surface area contributed by atoms with Crippen LogP contribution >= 0.6 is 15.9 Å². The molecule has 0 aliphatic heterocycles. The van der Waals surface area contributed by atoms with Gasteiger partial charge in [0.25, 0.3) is 0 Å². The summed E-state index contributed by atoms with van der Waals surface area (Å²) in [5.74, 6) is 0.456. The van der Waals surface area contributed by atoms with Crippen LogP contribution in [0.25, 0.3) is 0 Å². The molecule has 1 fully saturated rings. The Morgan fingerprint density at radius 1 is 1.00 bits per heavy atom. The predicted octanol–water partition coefficient (Wildman–Crippen LogP) is 5.36. The average Bonchev–Trinajstić information content (AvgIpc) is 2.55. The third kappa shape index (κ3) is 3.58. The molecule has 1 N–H and O–H groups in total. The number of anilines is 1. The largest absolute Gasteiger partial charge is 0.378 e. The number of ketones is 1. The van der Waals surface area contributed by atoms with Gasteiger partial charge in [0.2, 0.25) is 0 Å². The molecule has 3 rings (SSSR count).